The monoisotopic (exact) mass is 391 g/mol. The van der Waals surface area contributed by atoms with E-state index in [4.69, 9.17) is 4.74 Å². The van der Waals surface area contributed by atoms with E-state index in [1.54, 1.807) is 0 Å². The summed E-state index contributed by atoms with van der Waals surface area (Å²) >= 11 is 0. The molecule has 2 saturated heterocycles. The van der Waals surface area contributed by atoms with Gasteiger partial charge >= 0.3 is 0 Å². The first-order valence-corrected chi connectivity index (χ1v) is 10.8. The van der Waals surface area contributed by atoms with Gasteiger partial charge in [-0.1, -0.05) is 0 Å². The number of nitrogens with zero attached hydrogens (tertiary/aromatic N) is 2. The van der Waals surface area contributed by atoms with Gasteiger partial charge in [0, 0.05) is 42.6 Å². The highest BCUT2D eigenvalue weighted by atomic mass is 16.5. The highest BCUT2D eigenvalue weighted by Gasteiger charge is 2.39. The Labute approximate surface area is 172 Å². The lowest BCUT2D eigenvalue weighted by Crippen LogP contribution is -2.34. The molecular weight excluding hydrogens is 362 g/mol. The first-order valence-electron chi connectivity index (χ1n) is 10.8. The van der Waals surface area contributed by atoms with Crippen molar-refractivity contribution in [3.05, 3.63) is 54.1 Å². The minimum Gasteiger partial charge on any atom is -0.493 e. The largest absolute Gasteiger partial charge is 0.493 e. The minimum absolute atomic E-state index is 0.0925. The van der Waals surface area contributed by atoms with Crippen molar-refractivity contribution in [2.75, 3.05) is 43.5 Å². The molecule has 3 aliphatic rings. The van der Waals surface area contributed by atoms with Crippen molar-refractivity contribution in [2.45, 2.75) is 25.3 Å². The van der Waals surface area contributed by atoms with Crippen LogP contribution in [-0.2, 0) is 0 Å². The van der Waals surface area contributed by atoms with E-state index >= 15 is 0 Å². The van der Waals surface area contributed by atoms with Crippen LogP contribution >= 0.6 is 0 Å². The van der Waals surface area contributed by atoms with Crippen LogP contribution in [-0.4, -0.2) is 50.1 Å². The van der Waals surface area contributed by atoms with Crippen LogP contribution in [0.1, 0.15) is 29.6 Å². The molecule has 0 unspecified atom stereocenters. The van der Waals surface area contributed by atoms with Gasteiger partial charge in [0.2, 0.25) is 0 Å². The smallest absolute Gasteiger partial charge is 0.255 e. The number of anilines is 2. The van der Waals surface area contributed by atoms with Crippen LogP contribution in [0.2, 0.25) is 0 Å². The molecule has 1 N–H and O–H groups in total. The average Bonchev–Trinajstić information content (AvgIpc) is 3.38. The number of carbonyl (C=O) groups excluding carboxylic acids is 1. The van der Waals surface area contributed by atoms with Crippen molar-refractivity contribution in [1.29, 1.82) is 0 Å². The lowest BCUT2D eigenvalue weighted by Gasteiger charge is -2.26. The molecule has 2 aromatic carbocycles. The van der Waals surface area contributed by atoms with E-state index in [1.807, 2.05) is 36.4 Å². The molecule has 0 radical (unpaired) electrons. The van der Waals surface area contributed by atoms with Crippen LogP contribution < -0.4 is 15.0 Å². The summed E-state index contributed by atoms with van der Waals surface area (Å²) in [6, 6.07) is 16.3. The molecular formula is C24H29N3O2. The van der Waals surface area contributed by atoms with Crippen LogP contribution in [0.5, 0.6) is 5.75 Å². The molecule has 0 bridgehead atoms. The molecule has 5 rings (SSSR count). The maximum Gasteiger partial charge on any atom is 0.255 e. The molecule has 2 aliphatic heterocycles. The number of hydrogen-bond acceptors (Lipinski definition) is 4. The van der Waals surface area contributed by atoms with Crippen LogP contribution in [0.4, 0.5) is 11.4 Å². The van der Waals surface area contributed by atoms with Crippen molar-refractivity contribution in [1.82, 2.24) is 4.90 Å². The van der Waals surface area contributed by atoms with Gasteiger partial charge in [-0.05, 0) is 86.7 Å². The number of fused-ring (bicyclic) bond motifs is 1. The molecule has 1 amide bonds. The normalized spacial score (nSPS) is 23.8. The van der Waals surface area contributed by atoms with E-state index in [1.165, 1.54) is 31.5 Å². The first kappa shape index (κ1) is 18.5. The zero-order chi connectivity index (χ0) is 19.8. The molecule has 2 aromatic rings. The highest BCUT2D eigenvalue weighted by molar-refractivity contribution is 6.04. The molecule has 0 spiro atoms. The second-order valence-electron chi connectivity index (χ2n) is 8.81. The quantitative estimate of drug-likeness (QED) is 0.812. The van der Waals surface area contributed by atoms with Gasteiger partial charge in [-0.15, -0.1) is 0 Å². The number of likely N-dealkylation sites (N-methyl/N-ethyl adjacent to an activating group) is 1. The number of benzene rings is 2. The van der Waals surface area contributed by atoms with Gasteiger partial charge < -0.3 is 19.9 Å². The van der Waals surface area contributed by atoms with Gasteiger partial charge in [0.05, 0.1) is 6.61 Å². The van der Waals surface area contributed by atoms with E-state index < -0.39 is 0 Å². The summed E-state index contributed by atoms with van der Waals surface area (Å²) in [5, 5.41) is 3.00. The number of ether oxygens (including phenoxy) is 1. The summed E-state index contributed by atoms with van der Waals surface area (Å²) in [7, 11) is 2.21. The summed E-state index contributed by atoms with van der Waals surface area (Å²) in [6.07, 6.45) is 3.82. The summed E-state index contributed by atoms with van der Waals surface area (Å²) < 4.78 is 5.74. The SMILES string of the molecule is CN1C[C@H]2CCN(c3ccc(NC(=O)c4ccc(OCC5CC5)cc4)cc3)[C@H]2C1. The van der Waals surface area contributed by atoms with Crippen LogP contribution in [0.25, 0.3) is 0 Å². The number of rotatable bonds is 6. The predicted octanol–water partition coefficient (Wildman–Crippen LogP) is 3.87. The Kier molecular flexibility index (Phi) is 4.92. The second kappa shape index (κ2) is 7.71. The molecule has 29 heavy (non-hydrogen) atoms. The fourth-order valence-corrected chi connectivity index (χ4v) is 4.63. The predicted molar refractivity (Wildman–Crippen MR) is 116 cm³/mol. The summed E-state index contributed by atoms with van der Waals surface area (Å²) in [5.74, 6) is 2.25. The van der Waals surface area contributed by atoms with Crippen LogP contribution in [0.15, 0.2) is 48.5 Å². The van der Waals surface area contributed by atoms with E-state index in [2.05, 4.69) is 34.3 Å². The Hall–Kier alpha value is -2.53. The molecule has 2 heterocycles. The fraction of sp³-hybridized carbons (Fsp3) is 0.458. The number of likely N-dealkylation sites (tertiary alicyclic amines) is 1. The van der Waals surface area contributed by atoms with Gasteiger partial charge in [-0.3, -0.25) is 4.79 Å². The van der Waals surface area contributed by atoms with E-state index in [0.717, 1.165) is 43.0 Å². The van der Waals surface area contributed by atoms with E-state index in [-0.39, 0.29) is 5.91 Å². The third kappa shape index (κ3) is 4.10. The van der Waals surface area contributed by atoms with Crippen molar-refractivity contribution in [3.8, 4) is 5.75 Å². The Morgan fingerprint density at radius 3 is 2.52 bits per heavy atom. The van der Waals surface area contributed by atoms with E-state index in [0.29, 0.717) is 11.6 Å². The lowest BCUT2D eigenvalue weighted by molar-refractivity contribution is 0.102. The van der Waals surface area contributed by atoms with Crippen molar-refractivity contribution in [2.24, 2.45) is 11.8 Å². The Morgan fingerprint density at radius 1 is 1.03 bits per heavy atom. The maximum atomic E-state index is 12.6. The number of nitrogens with one attached hydrogen (secondary N) is 1. The number of hydrogen-bond donors (Lipinski definition) is 1. The van der Waals surface area contributed by atoms with Gasteiger partial charge in [-0.2, -0.15) is 0 Å². The summed E-state index contributed by atoms with van der Waals surface area (Å²) in [6.45, 7) is 4.26. The number of amides is 1. The molecule has 2 atom stereocenters. The molecule has 1 aliphatic carbocycles. The molecule has 152 valence electrons. The average molecular weight is 392 g/mol. The molecule has 1 saturated carbocycles. The van der Waals surface area contributed by atoms with E-state index in [9.17, 15) is 4.79 Å². The zero-order valence-corrected chi connectivity index (χ0v) is 17.0. The highest BCUT2D eigenvalue weighted by Crippen LogP contribution is 2.35. The third-order valence-electron chi connectivity index (χ3n) is 6.49. The van der Waals surface area contributed by atoms with Gasteiger partial charge in [-0.25, -0.2) is 0 Å². The van der Waals surface area contributed by atoms with Crippen molar-refractivity contribution in [3.63, 3.8) is 0 Å². The van der Waals surface area contributed by atoms with Gasteiger partial charge in [0.15, 0.2) is 0 Å². The standard InChI is InChI=1S/C24H29N3O2/c1-26-14-19-12-13-27(23(19)15-26)21-8-6-20(7-9-21)25-24(28)18-4-10-22(11-5-18)29-16-17-2-3-17/h4-11,17,19,23H,2-3,12-16H2,1H3,(H,25,28)/t19-,23+/m1/s1. The number of carbonyl (C=O) groups is 1. The Morgan fingerprint density at radius 2 is 1.79 bits per heavy atom. The van der Waals surface area contributed by atoms with Gasteiger partial charge in [0.1, 0.15) is 5.75 Å². The Balaban J connectivity index is 1.19. The molecule has 0 aromatic heterocycles. The van der Waals surface area contributed by atoms with Gasteiger partial charge in [0.25, 0.3) is 5.91 Å². The third-order valence-corrected chi connectivity index (χ3v) is 6.49. The fourth-order valence-electron chi connectivity index (χ4n) is 4.63. The summed E-state index contributed by atoms with van der Waals surface area (Å²) in [5.41, 5.74) is 2.72. The van der Waals surface area contributed by atoms with Crippen molar-refractivity contribution >= 4 is 17.3 Å². The minimum atomic E-state index is -0.0925. The van der Waals surface area contributed by atoms with Crippen LogP contribution in [0.3, 0.4) is 0 Å². The second-order valence-corrected chi connectivity index (χ2v) is 8.81. The topological polar surface area (TPSA) is 44.8 Å². The lowest BCUT2D eigenvalue weighted by atomic mass is 10.0. The zero-order valence-electron chi connectivity index (χ0n) is 17.0. The first-order chi connectivity index (χ1) is 14.2. The van der Waals surface area contributed by atoms with Crippen molar-refractivity contribution < 1.29 is 9.53 Å². The Bertz CT molecular complexity index is 861. The maximum absolute atomic E-state index is 12.6. The summed E-state index contributed by atoms with van der Waals surface area (Å²) in [4.78, 5) is 17.5. The molecule has 3 fully saturated rings. The molecule has 5 heteroatoms. The molecule has 5 nitrogen and oxygen atoms in total. The van der Waals surface area contributed by atoms with Crippen LogP contribution in [0, 0.1) is 11.8 Å².